The van der Waals surface area contributed by atoms with E-state index >= 15 is 0 Å². The largest absolute Gasteiger partial charge is 0.454 e. The lowest BCUT2D eigenvalue weighted by Gasteiger charge is -2.32. The second-order valence-electron chi connectivity index (χ2n) is 6.15. The van der Waals surface area contributed by atoms with Crippen molar-refractivity contribution in [2.45, 2.75) is 32.6 Å². The van der Waals surface area contributed by atoms with E-state index in [1.165, 1.54) is 15.8 Å². The van der Waals surface area contributed by atoms with Gasteiger partial charge in [0.15, 0.2) is 11.5 Å². The predicted molar refractivity (Wildman–Crippen MR) is 93.1 cm³/mol. The third-order valence-corrected chi connectivity index (χ3v) is 5.18. The van der Waals surface area contributed by atoms with E-state index in [0.29, 0.717) is 13.5 Å². The Bertz CT molecular complexity index is 696. The Balaban J connectivity index is 1.79. The standard InChI is InChI=1S/C18H20BrNO3/c1-12-7-15(9-17-18(12)23-11-22-17)20-10-21-6-2-3-13-4-5-14(19)8-16(13)20/h7-9H,2-6,10-11H2,1H3. The van der Waals surface area contributed by atoms with Crippen LogP contribution in [0.5, 0.6) is 11.5 Å². The average molecular weight is 378 g/mol. The fraction of sp³-hybridized carbons (Fsp3) is 0.444. The zero-order valence-electron chi connectivity index (χ0n) is 13.2. The minimum atomic E-state index is 0.301. The van der Waals surface area contributed by atoms with Crippen LogP contribution in [-0.4, -0.2) is 20.1 Å². The molecule has 3 aliphatic rings. The number of anilines is 1. The van der Waals surface area contributed by atoms with Crippen LogP contribution in [0.3, 0.4) is 0 Å². The van der Waals surface area contributed by atoms with Crippen molar-refractivity contribution in [3.63, 3.8) is 0 Å². The minimum absolute atomic E-state index is 0.301. The maximum atomic E-state index is 5.86. The molecule has 0 fully saturated rings. The first kappa shape index (κ1) is 15.1. The highest BCUT2D eigenvalue weighted by atomic mass is 79.9. The molecule has 4 rings (SSSR count). The van der Waals surface area contributed by atoms with Gasteiger partial charge in [0.2, 0.25) is 6.79 Å². The average Bonchev–Trinajstić information content (AvgIpc) is 2.98. The van der Waals surface area contributed by atoms with E-state index in [1.807, 2.05) is 0 Å². The highest BCUT2D eigenvalue weighted by Crippen LogP contribution is 2.41. The first-order valence-corrected chi connectivity index (χ1v) is 8.85. The van der Waals surface area contributed by atoms with Gasteiger partial charge in [-0.25, -0.2) is 0 Å². The van der Waals surface area contributed by atoms with E-state index in [4.69, 9.17) is 14.2 Å². The van der Waals surface area contributed by atoms with Crippen molar-refractivity contribution in [3.05, 3.63) is 39.5 Å². The van der Waals surface area contributed by atoms with Gasteiger partial charge in [-0.15, -0.1) is 0 Å². The maximum Gasteiger partial charge on any atom is 0.231 e. The molecule has 0 amide bonds. The number of ether oxygens (including phenoxy) is 3. The Labute approximate surface area is 144 Å². The van der Waals surface area contributed by atoms with Crippen molar-refractivity contribution in [2.24, 2.45) is 0 Å². The van der Waals surface area contributed by atoms with Crippen LogP contribution in [-0.2, 0) is 4.74 Å². The molecule has 0 bridgehead atoms. The van der Waals surface area contributed by atoms with Crippen LogP contribution in [0, 0.1) is 6.92 Å². The molecular formula is C18H20BrNO3. The van der Waals surface area contributed by atoms with Gasteiger partial charge in [-0.05, 0) is 60.4 Å². The fourth-order valence-electron chi connectivity index (χ4n) is 3.39. The second-order valence-corrected chi connectivity index (χ2v) is 7.16. The van der Waals surface area contributed by atoms with E-state index < -0.39 is 0 Å². The van der Waals surface area contributed by atoms with Gasteiger partial charge in [0.05, 0.1) is 0 Å². The van der Waals surface area contributed by atoms with Crippen LogP contribution in [0.1, 0.15) is 31.2 Å². The summed E-state index contributed by atoms with van der Waals surface area (Å²) >= 11 is 3.67. The molecule has 0 radical (unpaired) electrons. The lowest BCUT2D eigenvalue weighted by molar-refractivity contribution is 0.132. The maximum absolute atomic E-state index is 5.86. The molecule has 0 unspecified atom stereocenters. The summed E-state index contributed by atoms with van der Waals surface area (Å²) in [6, 6.07) is 4.21. The third-order valence-electron chi connectivity index (χ3n) is 4.55. The van der Waals surface area contributed by atoms with Gasteiger partial charge < -0.3 is 19.1 Å². The first-order valence-electron chi connectivity index (χ1n) is 8.06. The quantitative estimate of drug-likeness (QED) is 0.713. The third kappa shape index (κ3) is 2.88. The summed E-state index contributed by atoms with van der Waals surface area (Å²) in [5, 5.41) is 0. The van der Waals surface area contributed by atoms with Gasteiger partial charge in [-0.1, -0.05) is 15.9 Å². The molecule has 5 heteroatoms. The van der Waals surface area contributed by atoms with Crippen molar-refractivity contribution >= 4 is 21.6 Å². The highest BCUT2D eigenvalue weighted by molar-refractivity contribution is 9.11. The van der Waals surface area contributed by atoms with Crippen molar-refractivity contribution in [1.82, 2.24) is 0 Å². The van der Waals surface area contributed by atoms with Crippen LogP contribution < -0.4 is 14.4 Å². The summed E-state index contributed by atoms with van der Waals surface area (Å²) in [7, 11) is 0. The summed E-state index contributed by atoms with van der Waals surface area (Å²) in [5.41, 5.74) is 4.98. The summed E-state index contributed by atoms with van der Waals surface area (Å²) in [6.45, 7) is 3.73. The van der Waals surface area contributed by atoms with E-state index in [-0.39, 0.29) is 0 Å². The zero-order chi connectivity index (χ0) is 15.8. The number of hydrogen-bond acceptors (Lipinski definition) is 4. The molecule has 2 heterocycles. The number of halogens is 1. The van der Waals surface area contributed by atoms with Crippen LogP contribution in [0.25, 0.3) is 0 Å². The fourth-order valence-corrected chi connectivity index (χ4v) is 3.81. The molecule has 0 aromatic heterocycles. The minimum Gasteiger partial charge on any atom is -0.454 e. The molecule has 0 atom stereocenters. The molecule has 0 saturated carbocycles. The highest BCUT2D eigenvalue weighted by Gasteiger charge is 2.24. The van der Waals surface area contributed by atoms with Crippen LogP contribution in [0.15, 0.2) is 34.0 Å². The van der Waals surface area contributed by atoms with Crippen molar-refractivity contribution in [2.75, 3.05) is 25.0 Å². The Hall–Kier alpha value is -1.46. The van der Waals surface area contributed by atoms with Crippen LogP contribution in [0.2, 0.25) is 0 Å². The molecule has 1 aliphatic carbocycles. The smallest absolute Gasteiger partial charge is 0.231 e. The molecule has 1 aromatic rings. The van der Waals surface area contributed by atoms with Crippen molar-refractivity contribution in [3.8, 4) is 11.5 Å². The van der Waals surface area contributed by atoms with Gasteiger partial charge >= 0.3 is 0 Å². The number of benzene rings is 1. The van der Waals surface area contributed by atoms with Gasteiger partial charge in [0.25, 0.3) is 0 Å². The van der Waals surface area contributed by atoms with Crippen LogP contribution in [0.4, 0.5) is 5.69 Å². The Morgan fingerprint density at radius 3 is 2.96 bits per heavy atom. The summed E-state index contributed by atoms with van der Waals surface area (Å²) in [6.07, 6.45) is 6.65. The van der Waals surface area contributed by atoms with Gasteiger partial charge in [-0.2, -0.15) is 0 Å². The first-order chi connectivity index (χ1) is 11.2. The van der Waals surface area contributed by atoms with E-state index in [0.717, 1.165) is 55.0 Å². The molecule has 0 spiro atoms. The molecule has 2 aliphatic heterocycles. The van der Waals surface area contributed by atoms with Gasteiger partial charge in [0.1, 0.15) is 6.73 Å². The molecule has 0 N–H and O–H groups in total. The summed E-state index contributed by atoms with van der Waals surface area (Å²) in [4.78, 5) is 2.25. The second kappa shape index (κ2) is 6.21. The van der Waals surface area contributed by atoms with Gasteiger partial charge in [0, 0.05) is 24.1 Å². The molecule has 4 nitrogen and oxygen atoms in total. The van der Waals surface area contributed by atoms with Crippen molar-refractivity contribution < 1.29 is 14.2 Å². The summed E-state index contributed by atoms with van der Waals surface area (Å²) in [5.74, 6) is 1.68. The number of hydrogen-bond donors (Lipinski definition) is 0. The summed E-state index contributed by atoms with van der Waals surface area (Å²) < 4.78 is 18.2. The number of allylic oxidation sites excluding steroid dienone is 3. The molecule has 23 heavy (non-hydrogen) atoms. The zero-order valence-corrected chi connectivity index (χ0v) is 14.8. The van der Waals surface area contributed by atoms with Gasteiger partial charge in [-0.3, -0.25) is 0 Å². The Kier molecular flexibility index (Phi) is 4.07. The Morgan fingerprint density at radius 2 is 2.04 bits per heavy atom. The monoisotopic (exact) mass is 377 g/mol. The molecule has 0 saturated heterocycles. The molecule has 1 aromatic carbocycles. The van der Waals surface area contributed by atoms with Crippen molar-refractivity contribution in [1.29, 1.82) is 0 Å². The van der Waals surface area contributed by atoms with E-state index in [2.05, 4.69) is 46.0 Å². The normalized spacial score (nSPS) is 20.8. The topological polar surface area (TPSA) is 30.9 Å². The number of aryl methyl sites for hydroxylation is 1. The van der Waals surface area contributed by atoms with E-state index in [1.54, 1.807) is 0 Å². The number of fused-ring (bicyclic) bond motifs is 1. The van der Waals surface area contributed by atoms with Crippen LogP contribution >= 0.6 is 15.9 Å². The lowest BCUT2D eigenvalue weighted by Crippen LogP contribution is -2.29. The Morgan fingerprint density at radius 1 is 1.13 bits per heavy atom. The SMILES string of the molecule is Cc1cc(N2COCCCC3=C2C=C(Br)CC3)cc2c1OCO2. The molecule has 122 valence electrons. The predicted octanol–water partition coefficient (Wildman–Crippen LogP) is 4.62. The van der Waals surface area contributed by atoms with E-state index in [9.17, 15) is 0 Å². The lowest BCUT2D eigenvalue weighted by atomic mass is 9.96. The number of rotatable bonds is 1. The number of nitrogens with zero attached hydrogens (tertiary/aromatic N) is 1. The molecular weight excluding hydrogens is 358 g/mol.